The molecule has 5 nitrogen and oxygen atoms in total. The molecule has 0 atom stereocenters. The first-order chi connectivity index (χ1) is 12.3. The molecule has 0 aliphatic rings. The molecule has 0 radical (unpaired) electrons. The van der Waals surface area contributed by atoms with Gasteiger partial charge < -0.3 is 15.0 Å². The van der Waals surface area contributed by atoms with Crippen LogP contribution in [0.15, 0.2) is 36.4 Å². The fourth-order valence-electron chi connectivity index (χ4n) is 2.33. The zero-order valence-electron chi connectivity index (χ0n) is 14.2. The first kappa shape index (κ1) is 19.7. The molecule has 0 saturated carbocycles. The molecule has 2 rings (SSSR count). The number of rotatable bonds is 6. The molecule has 0 bridgehead atoms. The highest BCUT2D eigenvalue weighted by Crippen LogP contribution is 2.27. The van der Waals surface area contributed by atoms with Gasteiger partial charge in [-0.2, -0.15) is 0 Å². The van der Waals surface area contributed by atoms with Gasteiger partial charge in [-0.15, -0.1) is 0 Å². The molecule has 2 amide bonds. The Hall–Kier alpha value is -2.67. The lowest BCUT2D eigenvalue weighted by Gasteiger charge is -2.21. The maximum Gasteiger partial charge on any atom is 0.226 e. The summed E-state index contributed by atoms with van der Waals surface area (Å²) < 4.78 is 31.9. The minimum atomic E-state index is -0.873. The Kier molecular flexibility index (Phi) is 6.52. The first-order valence-corrected chi connectivity index (χ1v) is 8.06. The summed E-state index contributed by atoms with van der Waals surface area (Å²) in [6.07, 6.45) is -0.0833. The van der Waals surface area contributed by atoms with Gasteiger partial charge in [-0.1, -0.05) is 11.6 Å². The number of benzene rings is 2. The molecular weight excluding hydrogens is 366 g/mol. The van der Waals surface area contributed by atoms with Gasteiger partial charge in [0.05, 0.1) is 17.8 Å². The number of hydrogen-bond acceptors (Lipinski definition) is 3. The van der Waals surface area contributed by atoms with Gasteiger partial charge in [0.2, 0.25) is 11.8 Å². The van der Waals surface area contributed by atoms with Gasteiger partial charge in [-0.3, -0.25) is 9.59 Å². The summed E-state index contributed by atoms with van der Waals surface area (Å²) in [5, 5.41) is 2.97. The van der Waals surface area contributed by atoms with E-state index in [0.29, 0.717) is 22.5 Å². The van der Waals surface area contributed by atoms with E-state index in [1.165, 1.54) is 20.1 Å². The summed E-state index contributed by atoms with van der Waals surface area (Å²) in [5.74, 6) is -2.00. The van der Waals surface area contributed by atoms with E-state index in [1.54, 1.807) is 12.1 Å². The molecule has 8 heteroatoms. The average Bonchev–Trinajstić information content (AvgIpc) is 2.56. The standard InChI is InChI=1S/C18H17ClF2N2O3/c1-11(24)23(16-5-3-12(20)9-15(16)21)8-7-18(25)22-13-4-6-17(26-2)14(19)10-13/h3-6,9-10H,7-8H2,1-2H3,(H,22,25). The van der Waals surface area contributed by atoms with Crippen LogP contribution < -0.4 is 15.0 Å². The van der Waals surface area contributed by atoms with Crippen molar-refractivity contribution < 1.29 is 23.1 Å². The van der Waals surface area contributed by atoms with Crippen molar-refractivity contribution >= 4 is 34.8 Å². The molecule has 0 fully saturated rings. The maximum absolute atomic E-state index is 13.9. The Morgan fingerprint density at radius 1 is 1.19 bits per heavy atom. The van der Waals surface area contributed by atoms with Crippen molar-refractivity contribution in [2.45, 2.75) is 13.3 Å². The van der Waals surface area contributed by atoms with Crippen molar-refractivity contribution in [2.24, 2.45) is 0 Å². The van der Waals surface area contributed by atoms with Crippen LogP contribution in [0.3, 0.4) is 0 Å². The summed E-state index contributed by atoms with van der Waals surface area (Å²) in [6, 6.07) is 7.64. The molecule has 138 valence electrons. The molecule has 26 heavy (non-hydrogen) atoms. The molecule has 2 aromatic carbocycles. The smallest absolute Gasteiger partial charge is 0.226 e. The van der Waals surface area contributed by atoms with Crippen LogP contribution in [0.5, 0.6) is 5.75 Å². The van der Waals surface area contributed by atoms with Gasteiger partial charge in [0.15, 0.2) is 0 Å². The Morgan fingerprint density at radius 2 is 1.92 bits per heavy atom. The number of ether oxygens (including phenoxy) is 1. The molecule has 0 saturated heterocycles. The highest BCUT2D eigenvalue weighted by Gasteiger charge is 2.18. The van der Waals surface area contributed by atoms with Crippen molar-refractivity contribution in [3.05, 3.63) is 53.1 Å². The molecule has 2 aromatic rings. The van der Waals surface area contributed by atoms with E-state index in [9.17, 15) is 18.4 Å². The second kappa shape index (κ2) is 8.62. The van der Waals surface area contributed by atoms with Crippen molar-refractivity contribution in [1.82, 2.24) is 0 Å². The Balaban J connectivity index is 2.03. The molecule has 0 aromatic heterocycles. The zero-order valence-corrected chi connectivity index (χ0v) is 14.9. The fraction of sp³-hybridized carbons (Fsp3) is 0.222. The van der Waals surface area contributed by atoms with E-state index in [0.717, 1.165) is 17.0 Å². The topological polar surface area (TPSA) is 58.6 Å². The normalized spacial score (nSPS) is 10.3. The summed E-state index contributed by atoms with van der Waals surface area (Å²) in [7, 11) is 1.48. The summed E-state index contributed by atoms with van der Waals surface area (Å²) in [4.78, 5) is 24.9. The van der Waals surface area contributed by atoms with E-state index < -0.39 is 17.5 Å². The van der Waals surface area contributed by atoms with Gasteiger partial charge >= 0.3 is 0 Å². The van der Waals surface area contributed by atoms with Crippen LogP contribution in [-0.4, -0.2) is 25.5 Å². The maximum atomic E-state index is 13.9. The van der Waals surface area contributed by atoms with E-state index in [2.05, 4.69) is 5.32 Å². The van der Waals surface area contributed by atoms with E-state index >= 15 is 0 Å². The number of nitrogens with zero attached hydrogens (tertiary/aromatic N) is 1. The van der Waals surface area contributed by atoms with E-state index in [-0.39, 0.29) is 24.6 Å². The molecule has 0 unspecified atom stereocenters. The Morgan fingerprint density at radius 3 is 2.50 bits per heavy atom. The highest BCUT2D eigenvalue weighted by atomic mass is 35.5. The minimum Gasteiger partial charge on any atom is -0.495 e. The lowest BCUT2D eigenvalue weighted by molar-refractivity contribution is -0.117. The third-order valence-electron chi connectivity index (χ3n) is 3.58. The third kappa shape index (κ3) is 4.92. The quantitative estimate of drug-likeness (QED) is 0.821. The first-order valence-electron chi connectivity index (χ1n) is 7.68. The lowest BCUT2D eigenvalue weighted by atomic mass is 10.2. The number of hydrogen-bond donors (Lipinski definition) is 1. The van der Waals surface area contributed by atoms with Crippen molar-refractivity contribution in [2.75, 3.05) is 23.9 Å². The fourth-order valence-corrected chi connectivity index (χ4v) is 2.59. The number of amides is 2. The highest BCUT2D eigenvalue weighted by molar-refractivity contribution is 6.32. The predicted molar refractivity (Wildman–Crippen MR) is 95.6 cm³/mol. The minimum absolute atomic E-state index is 0.0619. The molecule has 1 N–H and O–H groups in total. The molecular formula is C18H17ClF2N2O3. The SMILES string of the molecule is COc1ccc(NC(=O)CCN(C(C)=O)c2ccc(F)cc2F)cc1Cl. The van der Waals surface area contributed by atoms with Gasteiger partial charge in [-0.05, 0) is 30.3 Å². The number of halogens is 3. The van der Waals surface area contributed by atoms with Crippen molar-refractivity contribution in [3.63, 3.8) is 0 Å². The number of nitrogens with one attached hydrogen (secondary N) is 1. The largest absolute Gasteiger partial charge is 0.495 e. The number of carbonyl (C=O) groups is 2. The van der Waals surface area contributed by atoms with Gasteiger partial charge in [-0.25, -0.2) is 8.78 Å². The van der Waals surface area contributed by atoms with Crippen LogP contribution in [0.2, 0.25) is 5.02 Å². The number of anilines is 2. The van der Waals surface area contributed by atoms with Crippen molar-refractivity contribution in [1.29, 1.82) is 0 Å². The van der Waals surface area contributed by atoms with Gasteiger partial charge in [0.25, 0.3) is 0 Å². The van der Waals surface area contributed by atoms with E-state index in [1.807, 2.05) is 0 Å². The van der Waals surface area contributed by atoms with Gasteiger partial charge in [0.1, 0.15) is 17.4 Å². The molecule has 0 aliphatic heterocycles. The Bertz CT molecular complexity index is 830. The average molecular weight is 383 g/mol. The molecule has 0 spiro atoms. The van der Waals surface area contributed by atoms with Crippen molar-refractivity contribution in [3.8, 4) is 5.75 Å². The molecule has 0 aliphatic carbocycles. The van der Waals surface area contributed by atoms with Crippen LogP contribution in [-0.2, 0) is 9.59 Å². The second-order valence-corrected chi connectivity index (χ2v) is 5.82. The van der Waals surface area contributed by atoms with Crippen LogP contribution in [0.25, 0.3) is 0 Å². The summed E-state index contributed by atoms with van der Waals surface area (Å²) >= 11 is 5.99. The van der Waals surface area contributed by atoms with Crippen LogP contribution in [0.4, 0.5) is 20.2 Å². The van der Waals surface area contributed by atoms with E-state index in [4.69, 9.17) is 16.3 Å². The van der Waals surface area contributed by atoms with Crippen LogP contribution >= 0.6 is 11.6 Å². The van der Waals surface area contributed by atoms with Crippen LogP contribution in [0.1, 0.15) is 13.3 Å². The van der Waals surface area contributed by atoms with Gasteiger partial charge in [0, 0.05) is 31.6 Å². The Labute approximate surface area is 154 Å². The van der Waals surface area contributed by atoms with Crippen LogP contribution in [0, 0.1) is 11.6 Å². The number of carbonyl (C=O) groups excluding carboxylic acids is 2. The monoisotopic (exact) mass is 382 g/mol. The summed E-state index contributed by atoms with van der Waals surface area (Å²) in [6.45, 7) is 1.18. The second-order valence-electron chi connectivity index (χ2n) is 5.41. The lowest BCUT2D eigenvalue weighted by Crippen LogP contribution is -2.32. The predicted octanol–water partition coefficient (Wildman–Crippen LogP) is 4.01. The number of methoxy groups -OCH3 is 1. The third-order valence-corrected chi connectivity index (χ3v) is 3.87. The molecule has 0 heterocycles. The zero-order chi connectivity index (χ0) is 19.3. The summed E-state index contributed by atoms with van der Waals surface area (Å²) in [5.41, 5.74) is 0.377.